The topological polar surface area (TPSA) is 59.2 Å². The first-order valence-electron chi connectivity index (χ1n) is 8.78. The number of amides is 1. The fourth-order valence-electron chi connectivity index (χ4n) is 3.34. The lowest BCUT2D eigenvalue weighted by Crippen LogP contribution is -2.38. The predicted octanol–water partition coefficient (Wildman–Crippen LogP) is 5.52. The van der Waals surface area contributed by atoms with Gasteiger partial charge in [0.2, 0.25) is 11.7 Å². The SMILES string of the molecule is O=C(c1ccccc1Br)N1CCCCC1c1nc(-c2cccc(Cl)c2)no1. The molecule has 1 aliphatic rings. The van der Waals surface area contributed by atoms with Crippen LogP contribution in [-0.4, -0.2) is 27.5 Å². The quantitative estimate of drug-likeness (QED) is 0.531. The largest absolute Gasteiger partial charge is 0.337 e. The van der Waals surface area contributed by atoms with Crippen LogP contribution in [0.1, 0.15) is 41.6 Å². The molecule has 3 aromatic rings. The Morgan fingerprint density at radius 2 is 2.04 bits per heavy atom. The van der Waals surface area contributed by atoms with Crippen molar-refractivity contribution in [3.63, 3.8) is 0 Å². The van der Waals surface area contributed by atoms with Crippen molar-refractivity contribution in [2.24, 2.45) is 0 Å². The Balaban J connectivity index is 1.64. The monoisotopic (exact) mass is 445 g/mol. The molecule has 27 heavy (non-hydrogen) atoms. The lowest BCUT2D eigenvalue weighted by molar-refractivity contribution is 0.0560. The normalized spacial score (nSPS) is 17.1. The summed E-state index contributed by atoms with van der Waals surface area (Å²) >= 11 is 9.52. The first kappa shape index (κ1) is 18.2. The molecule has 138 valence electrons. The maximum absolute atomic E-state index is 13.1. The highest BCUT2D eigenvalue weighted by Gasteiger charge is 2.33. The fourth-order valence-corrected chi connectivity index (χ4v) is 3.98. The molecule has 1 aromatic heterocycles. The minimum Gasteiger partial charge on any atom is -0.337 e. The van der Waals surface area contributed by atoms with Crippen LogP contribution in [0.3, 0.4) is 0 Å². The van der Waals surface area contributed by atoms with E-state index in [1.165, 1.54) is 0 Å². The van der Waals surface area contributed by atoms with E-state index in [9.17, 15) is 4.79 Å². The number of nitrogens with zero attached hydrogens (tertiary/aromatic N) is 3. The van der Waals surface area contributed by atoms with Crippen molar-refractivity contribution in [3.8, 4) is 11.4 Å². The van der Waals surface area contributed by atoms with Crippen molar-refractivity contribution >= 4 is 33.4 Å². The zero-order chi connectivity index (χ0) is 18.8. The Kier molecular flexibility index (Phi) is 5.27. The van der Waals surface area contributed by atoms with Crippen LogP contribution >= 0.6 is 27.5 Å². The summed E-state index contributed by atoms with van der Waals surface area (Å²) in [6, 6.07) is 14.5. The molecule has 1 atom stereocenters. The zero-order valence-corrected chi connectivity index (χ0v) is 16.8. The van der Waals surface area contributed by atoms with Crippen molar-refractivity contribution in [1.82, 2.24) is 15.0 Å². The van der Waals surface area contributed by atoms with Gasteiger partial charge in [0.1, 0.15) is 6.04 Å². The van der Waals surface area contributed by atoms with Gasteiger partial charge in [-0.3, -0.25) is 4.79 Å². The van der Waals surface area contributed by atoms with Crippen LogP contribution in [0, 0.1) is 0 Å². The minimum absolute atomic E-state index is 0.0327. The van der Waals surface area contributed by atoms with E-state index in [0.717, 1.165) is 29.3 Å². The van der Waals surface area contributed by atoms with Gasteiger partial charge in [0, 0.05) is 21.6 Å². The van der Waals surface area contributed by atoms with Crippen molar-refractivity contribution in [2.45, 2.75) is 25.3 Å². The van der Waals surface area contributed by atoms with Gasteiger partial charge in [-0.25, -0.2) is 0 Å². The Morgan fingerprint density at radius 1 is 1.19 bits per heavy atom. The van der Waals surface area contributed by atoms with E-state index < -0.39 is 0 Å². The van der Waals surface area contributed by atoms with Gasteiger partial charge >= 0.3 is 0 Å². The van der Waals surface area contributed by atoms with Crippen LogP contribution in [0.5, 0.6) is 0 Å². The summed E-state index contributed by atoms with van der Waals surface area (Å²) in [5.74, 6) is 0.908. The van der Waals surface area contributed by atoms with Gasteiger partial charge in [0.25, 0.3) is 5.91 Å². The standard InChI is InChI=1S/C20H17BrClN3O2/c21-16-9-2-1-8-15(16)20(26)25-11-4-3-10-17(25)19-23-18(24-27-19)13-6-5-7-14(22)12-13/h1-2,5-9,12,17H,3-4,10-11H2. The van der Waals surface area contributed by atoms with Crippen LogP contribution in [0.2, 0.25) is 5.02 Å². The highest BCUT2D eigenvalue weighted by molar-refractivity contribution is 9.10. The van der Waals surface area contributed by atoms with Crippen molar-refractivity contribution < 1.29 is 9.32 Å². The maximum atomic E-state index is 13.1. The molecule has 0 aliphatic carbocycles. The van der Waals surface area contributed by atoms with E-state index in [-0.39, 0.29) is 11.9 Å². The van der Waals surface area contributed by atoms with Crippen molar-refractivity contribution in [1.29, 1.82) is 0 Å². The molecule has 1 amide bonds. The van der Waals surface area contributed by atoms with Crippen LogP contribution < -0.4 is 0 Å². The highest BCUT2D eigenvalue weighted by Crippen LogP contribution is 2.33. The van der Waals surface area contributed by atoms with Gasteiger partial charge in [-0.2, -0.15) is 4.98 Å². The third kappa shape index (κ3) is 3.77. The molecule has 0 radical (unpaired) electrons. The molecule has 0 N–H and O–H groups in total. The molecule has 1 saturated heterocycles. The number of benzene rings is 2. The van der Waals surface area contributed by atoms with Crippen LogP contribution in [0.25, 0.3) is 11.4 Å². The third-order valence-corrected chi connectivity index (χ3v) is 5.60. The van der Waals surface area contributed by atoms with Crippen molar-refractivity contribution in [2.75, 3.05) is 6.54 Å². The molecular weight excluding hydrogens is 430 g/mol. The first-order valence-corrected chi connectivity index (χ1v) is 9.95. The smallest absolute Gasteiger partial charge is 0.255 e. The molecular formula is C20H17BrClN3O2. The molecule has 1 fully saturated rings. The summed E-state index contributed by atoms with van der Waals surface area (Å²) in [5, 5.41) is 4.71. The zero-order valence-electron chi connectivity index (χ0n) is 14.4. The van der Waals surface area contributed by atoms with E-state index in [0.29, 0.717) is 28.8 Å². The second-order valence-electron chi connectivity index (χ2n) is 6.46. The Hall–Kier alpha value is -2.18. The van der Waals surface area contributed by atoms with E-state index in [1.807, 2.05) is 41.3 Å². The number of halogens is 2. The van der Waals surface area contributed by atoms with E-state index >= 15 is 0 Å². The number of likely N-dealkylation sites (tertiary alicyclic amines) is 1. The van der Waals surface area contributed by atoms with Crippen LogP contribution in [-0.2, 0) is 0 Å². The number of hydrogen-bond donors (Lipinski definition) is 0. The maximum Gasteiger partial charge on any atom is 0.255 e. The number of carbonyl (C=O) groups is 1. The summed E-state index contributed by atoms with van der Waals surface area (Å²) in [6.45, 7) is 0.666. The average molecular weight is 447 g/mol. The molecule has 7 heteroatoms. The second kappa shape index (κ2) is 7.82. The Bertz CT molecular complexity index is 975. The number of aromatic nitrogens is 2. The van der Waals surface area contributed by atoms with Gasteiger partial charge in [-0.1, -0.05) is 41.0 Å². The molecule has 0 spiro atoms. The molecule has 2 heterocycles. The Morgan fingerprint density at radius 3 is 2.85 bits per heavy atom. The van der Waals surface area contributed by atoms with Gasteiger partial charge in [0.15, 0.2) is 0 Å². The fraction of sp³-hybridized carbons (Fsp3) is 0.250. The summed E-state index contributed by atoms with van der Waals surface area (Å²) in [6.07, 6.45) is 2.77. The third-order valence-electron chi connectivity index (χ3n) is 4.68. The highest BCUT2D eigenvalue weighted by atomic mass is 79.9. The molecule has 2 aromatic carbocycles. The molecule has 1 unspecified atom stereocenters. The summed E-state index contributed by atoms with van der Waals surface area (Å²) in [7, 11) is 0. The van der Waals surface area contributed by atoms with Gasteiger partial charge in [0.05, 0.1) is 5.56 Å². The van der Waals surface area contributed by atoms with Crippen molar-refractivity contribution in [3.05, 3.63) is 69.5 Å². The van der Waals surface area contributed by atoms with E-state index in [2.05, 4.69) is 26.1 Å². The summed E-state index contributed by atoms with van der Waals surface area (Å²) in [4.78, 5) is 19.5. The molecule has 5 nitrogen and oxygen atoms in total. The minimum atomic E-state index is -0.223. The summed E-state index contributed by atoms with van der Waals surface area (Å²) in [5.41, 5.74) is 1.43. The predicted molar refractivity (Wildman–Crippen MR) is 107 cm³/mol. The van der Waals surface area contributed by atoms with Crippen LogP contribution in [0.4, 0.5) is 0 Å². The first-order chi connectivity index (χ1) is 13.1. The number of hydrogen-bond acceptors (Lipinski definition) is 4. The summed E-state index contributed by atoms with van der Waals surface area (Å²) < 4.78 is 6.32. The number of piperidine rings is 1. The van der Waals surface area contributed by atoms with Gasteiger partial charge in [-0.15, -0.1) is 0 Å². The molecule has 0 bridgehead atoms. The lowest BCUT2D eigenvalue weighted by Gasteiger charge is -2.33. The number of rotatable bonds is 3. The molecule has 0 saturated carbocycles. The van der Waals surface area contributed by atoms with Gasteiger partial charge in [-0.05, 0) is 59.5 Å². The van der Waals surface area contributed by atoms with E-state index in [1.54, 1.807) is 12.1 Å². The second-order valence-corrected chi connectivity index (χ2v) is 7.75. The lowest BCUT2D eigenvalue weighted by atomic mass is 10.0. The molecule has 4 rings (SSSR count). The Labute approximate surface area is 170 Å². The average Bonchev–Trinajstić information content (AvgIpc) is 3.18. The van der Waals surface area contributed by atoms with Crippen LogP contribution in [0.15, 0.2) is 57.5 Å². The molecule has 1 aliphatic heterocycles. The van der Waals surface area contributed by atoms with Gasteiger partial charge < -0.3 is 9.42 Å². The van der Waals surface area contributed by atoms with E-state index in [4.69, 9.17) is 16.1 Å². The number of carbonyl (C=O) groups excluding carboxylic acids is 1.